The van der Waals surface area contributed by atoms with Crippen molar-refractivity contribution in [2.24, 2.45) is 0 Å². The maximum absolute atomic E-state index is 9.47. The van der Waals surface area contributed by atoms with Gasteiger partial charge in [-0.15, -0.1) is 0 Å². The molecule has 0 amide bonds. The summed E-state index contributed by atoms with van der Waals surface area (Å²) >= 11 is 0. The summed E-state index contributed by atoms with van der Waals surface area (Å²) in [6.45, 7) is 1.93. The number of phenolic OH excluding ortho intramolecular Hbond substituents is 1. The number of methoxy groups -OCH3 is 1. The number of fused-ring (bicyclic) bond motifs is 1. The summed E-state index contributed by atoms with van der Waals surface area (Å²) in [6, 6.07) is 10.8. The maximum Gasteiger partial charge on any atom is 0.141 e. The molecule has 3 aromatic rings. The van der Waals surface area contributed by atoms with Crippen molar-refractivity contribution in [3.63, 3.8) is 0 Å². The van der Waals surface area contributed by atoms with E-state index < -0.39 is 0 Å². The molecule has 106 valence electrons. The van der Waals surface area contributed by atoms with Crippen molar-refractivity contribution in [2.45, 2.75) is 6.92 Å². The highest BCUT2D eigenvalue weighted by atomic mass is 16.5. The number of aryl methyl sites for hydroxylation is 1. The van der Waals surface area contributed by atoms with Crippen LogP contribution < -0.4 is 10.1 Å². The standard InChI is InChI=1S/C16H15N3O2/c1-10-7-11(20)3-6-14(10)19-16-13-5-4-12(21-2)8-15(13)17-9-18-16/h3-9,20H,1-2H3,(H,17,18,19). The van der Waals surface area contributed by atoms with Crippen LogP contribution >= 0.6 is 0 Å². The zero-order chi connectivity index (χ0) is 14.8. The van der Waals surface area contributed by atoms with Crippen molar-refractivity contribution < 1.29 is 9.84 Å². The molecular formula is C16H15N3O2. The first-order chi connectivity index (χ1) is 10.2. The monoisotopic (exact) mass is 281 g/mol. The lowest BCUT2D eigenvalue weighted by atomic mass is 10.1. The van der Waals surface area contributed by atoms with Crippen LogP contribution in [-0.2, 0) is 0 Å². The number of ether oxygens (including phenoxy) is 1. The summed E-state index contributed by atoms with van der Waals surface area (Å²) in [5.74, 6) is 1.72. The van der Waals surface area contributed by atoms with Crippen molar-refractivity contribution in [1.82, 2.24) is 9.97 Å². The Morgan fingerprint density at radius 1 is 1.10 bits per heavy atom. The summed E-state index contributed by atoms with van der Waals surface area (Å²) in [6.07, 6.45) is 1.51. The molecule has 0 bridgehead atoms. The summed E-state index contributed by atoms with van der Waals surface area (Å²) in [5.41, 5.74) is 2.64. The van der Waals surface area contributed by atoms with Gasteiger partial charge in [-0.3, -0.25) is 0 Å². The first-order valence-corrected chi connectivity index (χ1v) is 6.53. The van der Waals surface area contributed by atoms with Gasteiger partial charge in [-0.25, -0.2) is 9.97 Å². The molecule has 5 heteroatoms. The van der Waals surface area contributed by atoms with E-state index in [9.17, 15) is 5.11 Å². The maximum atomic E-state index is 9.47. The van der Waals surface area contributed by atoms with Crippen LogP contribution in [-0.4, -0.2) is 22.2 Å². The van der Waals surface area contributed by atoms with Gasteiger partial charge in [0.25, 0.3) is 0 Å². The van der Waals surface area contributed by atoms with Gasteiger partial charge >= 0.3 is 0 Å². The predicted octanol–water partition coefficient (Wildman–Crippen LogP) is 3.40. The Morgan fingerprint density at radius 3 is 2.71 bits per heavy atom. The third-order valence-corrected chi connectivity index (χ3v) is 3.31. The molecule has 0 aliphatic rings. The van der Waals surface area contributed by atoms with Crippen LogP contribution in [0.3, 0.4) is 0 Å². The van der Waals surface area contributed by atoms with E-state index in [1.165, 1.54) is 6.33 Å². The Hall–Kier alpha value is -2.82. The zero-order valence-electron chi connectivity index (χ0n) is 11.8. The number of hydrogen-bond donors (Lipinski definition) is 2. The van der Waals surface area contributed by atoms with Crippen molar-refractivity contribution >= 4 is 22.4 Å². The Labute approximate surface area is 122 Å². The molecule has 5 nitrogen and oxygen atoms in total. The Kier molecular flexibility index (Phi) is 3.31. The van der Waals surface area contributed by atoms with Gasteiger partial charge in [0.2, 0.25) is 0 Å². The minimum atomic E-state index is 0.246. The molecule has 2 aromatic carbocycles. The zero-order valence-corrected chi connectivity index (χ0v) is 11.8. The number of nitrogens with zero attached hydrogens (tertiary/aromatic N) is 2. The minimum Gasteiger partial charge on any atom is -0.508 e. The van der Waals surface area contributed by atoms with Crippen LogP contribution in [0, 0.1) is 6.92 Å². The van der Waals surface area contributed by atoms with Crippen LogP contribution in [0.2, 0.25) is 0 Å². The number of aromatic hydroxyl groups is 1. The lowest BCUT2D eigenvalue weighted by Gasteiger charge is -2.11. The molecule has 1 aromatic heterocycles. The normalized spacial score (nSPS) is 10.6. The van der Waals surface area contributed by atoms with Gasteiger partial charge in [0.15, 0.2) is 0 Å². The van der Waals surface area contributed by atoms with E-state index in [-0.39, 0.29) is 5.75 Å². The Balaban J connectivity index is 2.04. The lowest BCUT2D eigenvalue weighted by molar-refractivity contribution is 0.415. The molecule has 0 unspecified atom stereocenters. The molecule has 0 radical (unpaired) electrons. The van der Waals surface area contributed by atoms with Crippen LogP contribution in [0.5, 0.6) is 11.5 Å². The molecule has 0 saturated carbocycles. The minimum absolute atomic E-state index is 0.246. The number of rotatable bonds is 3. The van der Waals surface area contributed by atoms with E-state index in [1.807, 2.05) is 31.2 Å². The molecule has 3 rings (SSSR count). The summed E-state index contributed by atoms with van der Waals surface area (Å²) in [5, 5.41) is 13.7. The highest BCUT2D eigenvalue weighted by Gasteiger charge is 2.07. The van der Waals surface area contributed by atoms with Crippen molar-refractivity contribution in [1.29, 1.82) is 0 Å². The van der Waals surface area contributed by atoms with Crippen molar-refractivity contribution in [3.05, 3.63) is 48.3 Å². The Morgan fingerprint density at radius 2 is 1.95 bits per heavy atom. The quantitative estimate of drug-likeness (QED) is 0.720. The van der Waals surface area contributed by atoms with E-state index in [0.29, 0.717) is 0 Å². The molecule has 0 saturated heterocycles. The fourth-order valence-electron chi connectivity index (χ4n) is 2.18. The van der Waals surface area contributed by atoms with Gasteiger partial charge < -0.3 is 15.2 Å². The summed E-state index contributed by atoms with van der Waals surface area (Å²) in [4.78, 5) is 8.55. The van der Waals surface area contributed by atoms with E-state index >= 15 is 0 Å². The summed E-state index contributed by atoms with van der Waals surface area (Å²) in [7, 11) is 1.63. The molecule has 0 aliphatic carbocycles. The second kappa shape index (κ2) is 5.28. The topological polar surface area (TPSA) is 67.3 Å². The molecule has 2 N–H and O–H groups in total. The fourth-order valence-corrected chi connectivity index (χ4v) is 2.18. The van der Waals surface area contributed by atoms with Crippen LogP contribution in [0.15, 0.2) is 42.7 Å². The van der Waals surface area contributed by atoms with E-state index in [0.717, 1.165) is 33.7 Å². The van der Waals surface area contributed by atoms with E-state index in [4.69, 9.17) is 4.74 Å². The van der Waals surface area contributed by atoms with Gasteiger partial charge in [-0.05, 0) is 42.8 Å². The lowest BCUT2D eigenvalue weighted by Crippen LogP contribution is -1.98. The van der Waals surface area contributed by atoms with Gasteiger partial charge in [0.05, 0.1) is 12.6 Å². The largest absolute Gasteiger partial charge is 0.508 e. The van der Waals surface area contributed by atoms with Crippen molar-refractivity contribution in [3.8, 4) is 11.5 Å². The second-order valence-electron chi connectivity index (χ2n) is 4.73. The predicted molar refractivity (Wildman–Crippen MR) is 82.2 cm³/mol. The number of anilines is 2. The van der Waals surface area contributed by atoms with Crippen LogP contribution in [0.4, 0.5) is 11.5 Å². The Bertz CT molecular complexity index is 803. The van der Waals surface area contributed by atoms with Gasteiger partial charge in [-0.1, -0.05) is 0 Å². The van der Waals surface area contributed by atoms with Gasteiger partial charge in [-0.2, -0.15) is 0 Å². The van der Waals surface area contributed by atoms with Gasteiger partial charge in [0.1, 0.15) is 23.6 Å². The smallest absolute Gasteiger partial charge is 0.141 e. The summed E-state index contributed by atoms with van der Waals surface area (Å²) < 4.78 is 5.20. The van der Waals surface area contributed by atoms with E-state index in [1.54, 1.807) is 19.2 Å². The molecule has 0 atom stereocenters. The third kappa shape index (κ3) is 2.58. The average molecular weight is 281 g/mol. The second-order valence-corrected chi connectivity index (χ2v) is 4.73. The van der Waals surface area contributed by atoms with Crippen LogP contribution in [0.1, 0.15) is 5.56 Å². The highest BCUT2D eigenvalue weighted by Crippen LogP contribution is 2.28. The number of benzene rings is 2. The fraction of sp³-hybridized carbons (Fsp3) is 0.125. The van der Waals surface area contributed by atoms with E-state index in [2.05, 4.69) is 15.3 Å². The van der Waals surface area contributed by atoms with Gasteiger partial charge in [0, 0.05) is 17.1 Å². The van der Waals surface area contributed by atoms with Crippen molar-refractivity contribution in [2.75, 3.05) is 12.4 Å². The molecule has 0 spiro atoms. The average Bonchev–Trinajstić information content (AvgIpc) is 2.49. The number of aromatic nitrogens is 2. The molecule has 21 heavy (non-hydrogen) atoms. The van der Waals surface area contributed by atoms with Crippen LogP contribution in [0.25, 0.3) is 10.9 Å². The molecular weight excluding hydrogens is 266 g/mol. The molecule has 0 aliphatic heterocycles. The molecule has 0 fully saturated rings. The number of nitrogens with one attached hydrogen (secondary N) is 1. The highest BCUT2D eigenvalue weighted by molar-refractivity contribution is 5.91. The number of phenols is 1. The first kappa shape index (κ1) is 13.2. The number of hydrogen-bond acceptors (Lipinski definition) is 5. The third-order valence-electron chi connectivity index (χ3n) is 3.31. The SMILES string of the molecule is COc1ccc2c(Nc3ccc(O)cc3C)ncnc2c1. The first-order valence-electron chi connectivity index (χ1n) is 6.53. The molecule has 1 heterocycles.